The molecule has 0 unspecified atom stereocenters. The minimum atomic E-state index is 0.0219. The molecule has 0 atom stereocenters. The number of nitrogens with zero attached hydrogens (tertiary/aromatic N) is 1. The number of hydrogen-bond acceptors (Lipinski definition) is 4. The van der Waals surface area contributed by atoms with E-state index in [2.05, 4.69) is 21.2 Å². The summed E-state index contributed by atoms with van der Waals surface area (Å²) < 4.78 is 11.3. The third kappa shape index (κ3) is 3.49. The Morgan fingerprint density at radius 2 is 1.76 bits per heavy atom. The Labute approximate surface area is 133 Å². The Kier molecular flexibility index (Phi) is 5.47. The highest BCUT2D eigenvalue weighted by atomic mass is 79.9. The number of amides is 1. The molecule has 0 aliphatic carbocycles. The van der Waals surface area contributed by atoms with Crippen molar-refractivity contribution in [2.24, 2.45) is 0 Å². The van der Waals surface area contributed by atoms with Gasteiger partial charge in [0.25, 0.3) is 5.91 Å². The quantitative estimate of drug-likeness (QED) is 0.899. The Balaban J connectivity index is 2.19. The second kappa shape index (κ2) is 7.13. The van der Waals surface area contributed by atoms with Crippen molar-refractivity contribution >= 4 is 21.8 Å². The lowest BCUT2D eigenvalue weighted by molar-refractivity contribution is 0.0706. The van der Waals surface area contributed by atoms with Gasteiger partial charge in [-0.25, -0.2) is 0 Å². The predicted molar refractivity (Wildman–Crippen MR) is 85.2 cm³/mol. The molecular weight excluding hydrogens is 336 g/mol. The second-order valence-electron chi connectivity index (χ2n) is 5.05. The Morgan fingerprint density at radius 3 is 2.19 bits per heavy atom. The molecule has 1 aromatic rings. The molecule has 1 N–H and O–H groups in total. The number of halogens is 1. The summed E-state index contributed by atoms with van der Waals surface area (Å²) in [6.45, 7) is 1.54. The van der Waals surface area contributed by atoms with Crippen LogP contribution < -0.4 is 14.8 Å². The van der Waals surface area contributed by atoms with Crippen LogP contribution in [0.1, 0.15) is 23.2 Å². The first-order chi connectivity index (χ1) is 10.1. The average molecular weight is 357 g/mol. The maximum atomic E-state index is 12.6. The van der Waals surface area contributed by atoms with Gasteiger partial charge in [-0.15, -0.1) is 0 Å². The van der Waals surface area contributed by atoms with Gasteiger partial charge in [-0.1, -0.05) is 0 Å². The first-order valence-corrected chi connectivity index (χ1v) is 7.78. The van der Waals surface area contributed by atoms with Gasteiger partial charge in [-0.2, -0.15) is 0 Å². The summed E-state index contributed by atoms with van der Waals surface area (Å²) in [4.78, 5) is 14.5. The third-order valence-electron chi connectivity index (χ3n) is 3.88. The number of ether oxygens (including phenoxy) is 2. The van der Waals surface area contributed by atoms with E-state index in [1.54, 1.807) is 26.4 Å². The number of hydrogen-bond donors (Lipinski definition) is 1. The van der Waals surface area contributed by atoms with Crippen molar-refractivity contribution in [2.75, 3.05) is 34.4 Å². The van der Waals surface area contributed by atoms with Gasteiger partial charge in [-0.3, -0.25) is 4.79 Å². The zero-order chi connectivity index (χ0) is 15.4. The van der Waals surface area contributed by atoms with Crippen LogP contribution in [-0.4, -0.2) is 51.2 Å². The second-order valence-corrected chi connectivity index (χ2v) is 5.84. The molecule has 116 valence electrons. The summed E-state index contributed by atoms with van der Waals surface area (Å²) in [6.07, 6.45) is 1.96. The summed E-state index contributed by atoms with van der Waals surface area (Å²) in [7, 11) is 5.12. The van der Waals surface area contributed by atoms with Gasteiger partial charge in [0.1, 0.15) is 16.0 Å². The van der Waals surface area contributed by atoms with Crippen LogP contribution in [0, 0.1) is 0 Å². The van der Waals surface area contributed by atoms with E-state index in [4.69, 9.17) is 9.47 Å². The minimum Gasteiger partial charge on any atom is -0.495 e. The molecule has 1 fully saturated rings. The lowest BCUT2D eigenvalue weighted by Crippen LogP contribution is -2.43. The average Bonchev–Trinajstić information content (AvgIpc) is 2.54. The number of carbonyl (C=O) groups is 1. The molecule has 0 saturated carbocycles. The normalized spacial score (nSPS) is 15.9. The van der Waals surface area contributed by atoms with Crippen molar-refractivity contribution in [3.63, 3.8) is 0 Å². The van der Waals surface area contributed by atoms with Crippen molar-refractivity contribution in [3.8, 4) is 11.5 Å². The molecule has 2 rings (SSSR count). The minimum absolute atomic E-state index is 0.0219. The number of likely N-dealkylation sites (tertiary alicyclic amines) is 1. The maximum absolute atomic E-state index is 12.6. The molecule has 21 heavy (non-hydrogen) atoms. The smallest absolute Gasteiger partial charge is 0.254 e. The van der Waals surface area contributed by atoms with Crippen LogP contribution in [-0.2, 0) is 0 Å². The predicted octanol–water partition coefficient (Wildman–Crippen LogP) is 2.29. The summed E-state index contributed by atoms with van der Waals surface area (Å²) >= 11 is 3.41. The zero-order valence-electron chi connectivity index (χ0n) is 12.6. The number of rotatable bonds is 4. The summed E-state index contributed by atoms with van der Waals surface area (Å²) in [5.74, 6) is 1.22. The van der Waals surface area contributed by atoms with E-state index in [-0.39, 0.29) is 5.91 Å². The Morgan fingerprint density at radius 1 is 1.24 bits per heavy atom. The fourth-order valence-electron chi connectivity index (χ4n) is 2.55. The van der Waals surface area contributed by atoms with E-state index < -0.39 is 0 Å². The van der Waals surface area contributed by atoms with Gasteiger partial charge >= 0.3 is 0 Å². The van der Waals surface area contributed by atoms with Crippen molar-refractivity contribution in [1.82, 2.24) is 10.2 Å². The molecule has 6 heteroatoms. The molecule has 1 aromatic carbocycles. The van der Waals surface area contributed by atoms with Crippen LogP contribution >= 0.6 is 15.9 Å². The van der Waals surface area contributed by atoms with E-state index in [1.165, 1.54) is 0 Å². The fourth-order valence-corrected chi connectivity index (χ4v) is 3.10. The molecular formula is C15H21BrN2O3. The summed E-state index contributed by atoms with van der Waals surface area (Å²) in [5, 5.41) is 3.26. The zero-order valence-corrected chi connectivity index (χ0v) is 14.2. The number of methoxy groups -OCH3 is 2. The Bertz CT molecular complexity index is 489. The molecule has 0 spiro atoms. The monoisotopic (exact) mass is 356 g/mol. The highest BCUT2D eigenvalue weighted by molar-refractivity contribution is 9.10. The number of benzene rings is 1. The van der Waals surface area contributed by atoms with Crippen LogP contribution in [0.15, 0.2) is 16.6 Å². The number of piperidine rings is 1. The van der Waals surface area contributed by atoms with E-state index in [0.29, 0.717) is 23.1 Å². The van der Waals surface area contributed by atoms with Gasteiger partial charge in [-0.05, 0) is 48.0 Å². The highest BCUT2D eigenvalue weighted by Crippen LogP contribution is 2.36. The number of nitrogens with one attached hydrogen (secondary N) is 1. The van der Waals surface area contributed by atoms with Crippen molar-refractivity contribution in [1.29, 1.82) is 0 Å². The molecule has 0 radical (unpaired) electrons. The lowest BCUT2D eigenvalue weighted by Gasteiger charge is -2.32. The van der Waals surface area contributed by atoms with Crippen molar-refractivity contribution < 1.29 is 14.3 Å². The fraction of sp³-hybridized carbons (Fsp3) is 0.533. The molecule has 1 amide bonds. The van der Waals surface area contributed by atoms with Crippen LogP contribution in [0.2, 0.25) is 0 Å². The summed E-state index contributed by atoms with van der Waals surface area (Å²) in [5.41, 5.74) is 0.592. The largest absolute Gasteiger partial charge is 0.495 e. The molecule has 5 nitrogen and oxygen atoms in total. The maximum Gasteiger partial charge on any atom is 0.254 e. The van der Waals surface area contributed by atoms with E-state index in [1.807, 2.05) is 11.9 Å². The van der Waals surface area contributed by atoms with Gasteiger partial charge < -0.3 is 19.7 Å². The summed E-state index contributed by atoms with van der Waals surface area (Å²) in [6, 6.07) is 4.00. The third-order valence-corrected chi connectivity index (χ3v) is 4.66. The highest BCUT2D eigenvalue weighted by Gasteiger charge is 2.24. The van der Waals surface area contributed by atoms with Gasteiger partial charge in [0.15, 0.2) is 0 Å². The van der Waals surface area contributed by atoms with Gasteiger partial charge in [0.2, 0.25) is 0 Å². The lowest BCUT2D eigenvalue weighted by atomic mass is 10.0. The molecule has 1 aliphatic rings. The molecule has 1 saturated heterocycles. The molecule has 0 aromatic heterocycles. The van der Waals surface area contributed by atoms with E-state index in [9.17, 15) is 4.79 Å². The standard InChI is InChI=1S/C15H21BrN2O3/c1-17-11-4-6-18(7-5-11)15(19)10-8-12(20-2)14(16)13(9-10)21-3/h8-9,11,17H,4-7H2,1-3H3. The van der Waals surface area contributed by atoms with Crippen LogP contribution in [0.5, 0.6) is 11.5 Å². The van der Waals surface area contributed by atoms with Gasteiger partial charge in [0, 0.05) is 24.7 Å². The SMILES string of the molecule is CNC1CCN(C(=O)c2cc(OC)c(Br)c(OC)c2)CC1. The molecule has 1 heterocycles. The number of carbonyl (C=O) groups excluding carboxylic acids is 1. The van der Waals surface area contributed by atoms with E-state index >= 15 is 0 Å². The van der Waals surface area contributed by atoms with Crippen LogP contribution in [0.3, 0.4) is 0 Å². The molecule has 0 bridgehead atoms. The topological polar surface area (TPSA) is 50.8 Å². The van der Waals surface area contributed by atoms with E-state index in [0.717, 1.165) is 30.4 Å². The first-order valence-electron chi connectivity index (χ1n) is 6.98. The first kappa shape index (κ1) is 16.1. The van der Waals surface area contributed by atoms with Crippen molar-refractivity contribution in [2.45, 2.75) is 18.9 Å². The van der Waals surface area contributed by atoms with Crippen LogP contribution in [0.4, 0.5) is 0 Å². The van der Waals surface area contributed by atoms with Crippen molar-refractivity contribution in [3.05, 3.63) is 22.2 Å². The Hall–Kier alpha value is -1.27. The van der Waals surface area contributed by atoms with Gasteiger partial charge in [0.05, 0.1) is 14.2 Å². The molecule has 1 aliphatic heterocycles. The van der Waals surface area contributed by atoms with Crippen LogP contribution in [0.25, 0.3) is 0 Å².